The van der Waals surface area contributed by atoms with Gasteiger partial charge < -0.3 is 5.32 Å². The average molecular weight is 306 g/mol. The Labute approximate surface area is 128 Å². The van der Waals surface area contributed by atoms with Crippen LogP contribution in [0.25, 0.3) is 0 Å². The van der Waals surface area contributed by atoms with Gasteiger partial charge in [0.2, 0.25) is 0 Å². The highest BCUT2D eigenvalue weighted by atomic mass is 35.5. The molecule has 2 aromatic rings. The molecular formula is C16H13Cl2NO. The van der Waals surface area contributed by atoms with Gasteiger partial charge in [0.1, 0.15) is 0 Å². The van der Waals surface area contributed by atoms with Gasteiger partial charge in [0.05, 0.1) is 0 Å². The molecule has 0 radical (unpaired) electrons. The zero-order valence-corrected chi connectivity index (χ0v) is 12.4. The summed E-state index contributed by atoms with van der Waals surface area (Å²) in [5.74, 6) is -0.0904. The Balaban J connectivity index is 2.00. The molecular weight excluding hydrogens is 293 g/mol. The monoisotopic (exact) mass is 305 g/mol. The number of allylic oxidation sites excluding steroid dienone is 1. The number of rotatable bonds is 4. The van der Waals surface area contributed by atoms with Gasteiger partial charge in [-0.15, -0.1) is 0 Å². The number of nitrogens with one attached hydrogen (secondary N) is 1. The van der Waals surface area contributed by atoms with Crippen molar-refractivity contribution in [3.8, 4) is 0 Å². The lowest BCUT2D eigenvalue weighted by Gasteiger charge is -2.03. The van der Waals surface area contributed by atoms with Gasteiger partial charge in [0, 0.05) is 33.6 Å². The number of halogens is 2. The zero-order valence-electron chi connectivity index (χ0n) is 10.9. The normalized spacial score (nSPS) is 10.8. The van der Waals surface area contributed by atoms with Gasteiger partial charge in [0.15, 0.2) is 5.78 Å². The molecule has 4 heteroatoms. The van der Waals surface area contributed by atoms with Crippen LogP contribution in [-0.2, 0) is 0 Å². The maximum atomic E-state index is 11.9. The number of carbonyl (C=O) groups is 1. The zero-order chi connectivity index (χ0) is 14.5. The summed E-state index contributed by atoms with van der Waals surface area (Å²) in [5.41, 5.74) is 2.44. The SMILES string of the molecule is Cc1ccc(NC=CC(=O)c2ccc(Cl)cc2)cc1Cl. The molecule has 0 aliphatic carbocycles. The molecule has 0 amide bonds. The van der Waals surface area contributed by atoms with Gasteiger partial charge in [-0.25, -0.2) is 0 Å². The van der Waals surface area contributed by atoms with E-state index in [1.807, 2.05) is 25.1 Å². The summed E-state index contributed by atoms with van der Waals surface area (Å²) < 4.78 is 0. The molecule has 0 aliphatic rings. The van der Waals surface area contributed by atoms with E-state index in [-0.39, 0.29) is 5.78 Å². The fourth-order valence-corrected chi connectivity index (χ4v) is 1.91. The predicted molar refractivity (Wildman–Crippen MR) is 84.7 cm³/mol. The van der Waals surface area contributed by atoms with E-state index >= 15 is 0 Å². The number of ketones is 1. The number of anilines is 1. The van der Waals surface area contributed by atoms with Gasteiger partial charge in [0.25, 0.3) is 0 Å². The van der Waals surface area contributed by atoms with Gasteiger partial charge in [-0.05, 0) is 48.9 Å². The molecule has 0 spiro atoms. The van der Waals surface area contributed by atoms with Crippen molar-refractivity contribution in [1.29, 1.82) is 0 Å². The first-order valence-electron chi connectivity index (χ1n) is 6.05. The van der Waals surface area contributed by atoms with Crippen molar-refractivity contribution < 1.29 is 4.79 Å². The average Bonchev–Trinajstić information content (AvgIpc) is 2.43. The summed E-state index contributed by atoms with van der Waals surface area (Å²) in [7, 11) is 0. The maximum Gasteiger partial charge on any atom is 0.187 e. The Kier molecular flexibility index (Phi) is 4.83. The number of carbonyl (C=O) groups excluding carboxylic acids is 1. The smallest absolute Gasteiger partial charge is 0.187 e. The molecule has 0 saturated carbocycles. The molecule has 0 bridgehead atoms. The van der Waals surface area contributed by atoms with E-state index in [0.717, 1.165) is 11.3 Å². The van der Waals surface area contributed by atoms with Crippen molar-refractivity contribution in [2.24, 2.45) is 0 Å². The Morgan fingerprint density at radius 2 is 1.80 bits per heavy atom. The molecule has 20 heavy (non-hydrogen) atoms. The molecule has 1 N–H and O–H groups in total. The van der Waals surface area contributed by atoms with Gasteiger partial charge >= 0.3 is 0 Å². The largest absolute Gasteiger partial charge is 0.362 e. The topological polar surface area (TPSA) is 29.1 Å². The molecule has 2 aromatic carbocycles. The fraction of sp³-hybridized carbons (Fsp3) is 0.0625. The summed E-state index contributed by atoms with van der Waals surface area (Å²) in [6.45, 7) is 1.94. The highest BCUT2D eigenvalue weighted by Gasteiger charge is 2.01. The maximum absolute atomic E-state index is 11.9. The minimum atomic E-state index is -0.0904. The van der Waals surface area contributed by atoms with Crippen LogP contribution >= 0.6 is 23.2 Å². The molecule has 2 rings (SSSR count). The van der Waals surface area contributed by atoms with E-state index in [1.54, 1.807) is 30.5 Å². The van der Waals surface area contributed by atoms with Gasteiger partial charge in [-0.2, -0.15) is 0 Å². The van der Waals surface area contributed by atoms with Crippen molar-refractivity contribution in [3.63, 3.8) is 0 Å². The first kappa shape index (κ1) is 14.6. The van der Waals surface area contributed by atoms with Crippen LogP contribution in [0.5, 0.6) is 0 Å². The Morgan fingerprint density at radius 1 is 1.10 bits per heavy atom. The molecule has 0 atom stereocenters. The van der Waals surface area contributed by atoms with Crippen molar-refractivity contribution in [3.05, 3.63) is 75.9 Å². The molecule has 0 saturated heterocycles. The van der Waals surface area contributed by atoms with Crippen LogP contribution in [0.4, 0.5) is 5.69 Å². The van der Waals surface area contributed by atoms with Crippen LogP contribution in [-0.4, -0.2) is 5.78 Å². The second-order valence-corrected chi connectivity index (χ2v) is 5.16. The third-order valence-corrected chi connectivity index (χ3v) is 3.44. The standard InChI is InChI=1S/C16H13Cl2NO/c1-11-2-7-14(10-15(11)18)19-9-8-16(20)12-3-5-13(17)6-4-12/h2-10,19H,1H3. The van der Waals surface area contributed by atoms with Crippen LogP contribution in [0.15, 0.2) is 54.7 Å². The Hall–Kier alpha value is -1.77. The van der Waals surface area contributed by atoms with E-state index in [9.17, 15) is 4.79 Å². The summed E-state index contributed by atoms with van der Waals surface area (Å²) in [6, 6.07) is 12.4. The first-order chi connectivity index (χ1) is 9.56. The highest BCUT2D eigenvalue weighted by Crippen LogP contribution is 2.19. The van der Waals surface area contributed by atoms with E-state index in [4.69, 9.17) is 23.2 Å². The second kappa shape index (κ2) is 6.60. The molecule has 0 fully saturated rings. The molecule has 0 aromatic heterocycles. The van der Waals surface area contributed by atoms with Crippen molar-refractivity contribution in [2.45, 2.75) is 6.92 Å². The second-order valence-electron chi connectivity index (χ2n) is 4.31. The minimum Gasteiger partial charge on any atom is -0.362 e. The fourth-order valence-electron chi connectivity index (χ4n) is 1.61. The Bertz CT molecular complexity index is 648. The van der Waals surface area contributed by atoms with Crippen molar-refractivity contribution in [1.82, 2.24) is 0 Å². The minimum absolute atomic E-state index is 0.0904. The van der Waals surface area contributed by atoms with Crippen LogP contribution in [0.1, 0.15) is 15.9 Å². The van der Waals surface area contributed by atoms with Crippen LogP contribution < -0.4 is 5.32 Å². The number of hydrogen-bond donors (Lipinski definition) is 1. The molecule has 2 nitrogen and oxygen atoms in total. The predicted octanol–water partition coefficient (Wildman–Crippen LogP) is 5.11. The Morgan fingerprint density at radius 3 is 2.45 bits per heavy atom. The van der Waals surface area contributed by atoms with Crippen LogP contribution in [0.2, 0.25) is 10.0 Å². The van der Waals surface area contributed by atoms with Crippen LogP contribution in [0.3, 0.4) is 0 Å². The van der Waals surface area contributed by atoms with Crippen molar-refractivity contribution >= 4 is 34.7 Å². The molecule has 0 heterocycles. The lowest BCUT2D eigenvalue weighted by Crippen LogP contribution is -1.96. The molecule has 102 valence electrons. The van der Waals surface area contributed by atoms with E-state index in [0.29, 0.717) is 15.6 Å². The van der Waals surface area contributed by atoms with E-state index < -0.39 is 0 Å². The quantitative estimate of drug-likeness (QED) is 0.628. The number of benzene rings is 2. The highest BCUT2D eigenvalue weighted by molar-refractivity contribution is 6.31. The summed E-state index contributed by atoms with van der Waals surface area (Å²) >= 11 is 11.8. The summed E-state index contributed by atoms with van der Waals surface area (Å²) in [6.07, 6.45) is 3.06. The summed E-state index contributed by atoms with van der Waals surface area (Å²) in [5, 5.41) is 4.31. The third kappa shape index (κ3) is 3.86. The van der Waals surface area contributed by atoms with E-state index in [2.05, 4.69) is 5.32 Å². The molecule has 0 unspecified atom stereocenters. The third-order valence-electron chi connectivity index (χ3n) is 2.79. The lowest BCUT2D eigenvalue weighted by atomic mass is 10.1. The van der Waals surface area contributed by atoms with Gasteiger partial charge in [-0.3, -0.25) is 4.79 Å². The van der Waals surface area contributed by atoms with Crippen molar-refractivity contribution in [2.75, 3.05) is 5.32 Å². The number of aryl methyl sites for hydroxylation is 1. The lowest BCUT2D eigenvalue weighted by molar-refractivity contribution is 0.104. The van der Waals surface area contributed by atoms with Crippen LogP contribution in [0, 0.1) is 6.92 Å². The first-order valence-corrected chi connectivity index (χ1v) is 6.81. The van der Waals surface area contributed by atoms with Gasteiger partial charge in [-0.1, -0.05) is 29.3 Å². The summed E-state index contributed by atoms with van der Waals surface area (Å²) in [4.78, 5) is 11.9. The molecule has 0 aliphatic heterocycles. The number of hydrogen-bond acceptors (Lipinski definition) is 2. The van der Waals surface area contributed by atoms with E-state index in [1.165, 1.54) is 6.08 Å².